The molecular formula is C16H10F3NO. The van der Waals surface area contributed by atoms with Crippen molar-refractivity contribution in [3.8, 4) is 11.3 Å². The molecule has 5 heteroatoms. The fraction of sp³-hybridized carbons (Fsp3) is 0.0625. The van der Waals surface area contributed by atoms with Crippen LogP contribution in [0.2, 0.25) is 0 Å². The first kappa shape index (κ1) is 13.4. The van der Waals surface area contributed by atoms with Gasteiger partial charge in [-0.1, -0.05) is 30.3 Å². The summed E-state index contributed by atoms with van der Waals surface area (Å²) in [5, 5.41) is 1.30. The number of aromatic amines is 1. The van der Waals surface area contributed by atoms with Crippen molar-refractivity contribution in [3.05, 3.63) is 70.5 Å². The number of fused-ring (bicyclic) bond motifs is 1. The summed E-state index contributed by atoms with van der Waals surface area (Å²) in [6.07, 6.45) is -4.37. The molecule has 0 saturated heterocycles. The van der Waals surface area contributed by atoms with Crippen molar-refractivity contribution in [2.45, 2.75) is 6.18 Å². The molecule has 0 aliphatic carbocycles. The van der Waals surface area contributed by atoms with Crippen molar-refractivity contribution in [2.75, 3.05) is 0 Å². The van der Waals surface area contributed by atoms with Gasteiger partial charge in [0, 0.05) is 11.1 Å². The molecule has 2 nitrogen and oxygen atoms in total. The Morgan fingerprint density at radius 1 is 0.905 bits per heavy atom. The molecule has 3 rings (SSSR count). The third-order valence-electron chi connectivity index (χ3n) is 3.28. The van der Waals surface area contributed by atoms with Gasteiger partial charge in [-0.15, -0.1) is 0 Å². The van der Waals surface area contributed by atoms with Crippen LogP contribution in [0, 0.1) is 0 Å². The predicted molar refractivity (Wildman–Crippen MR) is 75.0 cm³/mol. The van der Waals surface area contributed by atoms with Crippen molar-refractivity contribution in [1.29, 1.82) is 0 Å². The van der Waals surface area contributed by atoms with Crippen molar-refractivity contribution in [3.63, 3.8) is 0 Å². The van der Waals surface area contributed by atoms with E-state index in [1.165, 1.54) is 12.1 Å². The molecule has 0 atom stereocenters. The van der Waals surface area contributed by atoms with Gasteiger partial charge in [0.05, 0.1) is 5.56 Å². The summed E-state index contributed by atoms with van der Waals surface area (Å²) in [5.74, 6) is 0. The molecule has 0 spiro atoms. The highest BCUT2D eigenvalue weighted by Gasteiger charge is 2.29. The lowest BCUT2D eigenvalue weighted by Gasteiger charge is -2.08. The Morgan fingerprint density at radius 2 is 1.57 bits per heavy atom. The van der Waals surface area contributed by atoms with E-state index in [0.29, 0.717) is 16.6 Å². The van der Waals surface area contributed by atoms with Crippen molar-refractivity contribution in [1.82, 2.24) is 4.98 Å². The molecule has 0 aliphatic heterocycles. The second kappa shape index (κ2) is 4.77. The first-order valence-electron chi connectivity index (χ1n) is 6.25. The smallest absolute Gasteiger partial charge is 0.321 e. The van der Waals surface area contributed by atoms with Gasteiger partial charge < -0.3 is 4.98 Å². The lowest BCUT2D eigenvalue weighted by molar-refractivity contribution is -0.137. The zero-order valence-corrected chi connectivity index (χ0v) is 10.7. The van der Waals surface area contributed by atoms with Gasteiger partial charge in [0.2, 0.25) is 0 Å². The molecule has 1 heterocycles. The molecular weight excluding hydrogens is 279 g/mol. The molecule has 2 aromatic carbocycles. The van der Waals surface area contributed by atoms with E-state index >= 15 is 0 Å². The molecule has 1 N–H and O–H groups in total. The standard InChI is InChI=1S/C16H10F3NO/c17-16(18,19)12-7-5-10(6-8-12)14-9-11-3-1-2-4-13(11)15(21)20-14/h1-9H,(H,20,21). The number of hydrogen-bond donors (Lipinski definition) is 1. The minimum Gasteiger partial charge on any atom is -0.321 e. The van der Waals surface area contributed by atoms with E-state index in [1.54, 1.807) is 30.3 Å². The van der Waals surface area contributed by atoms with Gasteiger partial charge in [-0.3, -0.25) is 4.79 Å². The van der Waals surface area contributed by atoms with Crippen LogP contribution in [-0.2, 0) is 6.18 Å². The van der Waals surface area contributed by atoms with Crippen LogP contribution in [0.4, 0.5) is 13.2 Å². The first-order valence-corrected chi connectivity index (χ1v) is 6.25. The maximum absolute atomic E-state index is 12.5. The molecule has 0 fully saturated rings. The number of halogens is 3. The normalized spacial score (nSPS) is 11.8. The summed E-state index contributed by atoms with van der Waals surface area (Å²) in [6, 6.07) is 13.5. The van der Waals surface area contributed by atoms with Gasteiger partial charge in [0.25, 0.3) is 5.56 Å². The van der Waals surface area contributed by atoms with E-state index in [1.807, 2.05) is 0 Å². The van der Waals surface area contributed by atoms with Crippen molar-refractivity contribution in [2.24, 2.45) is 0 Å². The van der Waals surface area contributed by atoms with Crippen LogP contribution < -0.4 is 5.56 Å². The van der Waals surface area contributed by atoms with Crippen LogP contribution in [0.25, 0.3) is 22.0 Å². The van der Waals surface area contributed by atoms with E-state index in [2.05, 4.69) is 4.98 Å². The monoisotopic (exact) mass is 289 g/mol. The second-order valence-corrected chi connectivity index (χ2v) is 4.67. The number of rotatable bonds is 1. The lowest BCUT2D eigenvalue weighted by atomic mass is 10.1. The molecule has 0 aliphatic rings. The van der Waals surface area contributed by atoms with Gasteiger partial charge in [-0.25, -0.2) is 0 Å². The summed E-state index contributed by atoms with van der Waals surface area (Å²) < 4.78 is 37.6. The summed E-state index contributed by atoms with van der Waals surface area (Å²) in [6.45, 7) is 0. The van der Waals surface area contributed by atoms with Crippen LogP contribution in [0.15, 0.2) is 59.4 Å². The van der Waals surface area contributed by atoms with E-state index in [9.17, 15) is 18.0 Å². The average molecular weight is 289 g/mol. The molecule has 0 saturated carbocycles. The Morgan fingerprint density at radius 3 is 2.24 bits per heavy atom. The average Bonchev–Trinajstić information content (AvgIpc) is 2.46. The Labute approximate surface area is 117 Å². The van der Waals surface area contributed by atoms with Gasteiger partial charge in [0.15, 0.2) is 0 Å². The summed E-state index contributed by atoms with van der Waals surface area (Å²) in [4.78, 5) is 14.7. The summed E-state index contributed by atoms with van der Waals surface area (Å²) >= 11 is 0. The topological polar surface area (TPSA) is 32.9 Å². The maximum Gasteiger partial charge on any atom is 0.416 e. The van der Waals surface area contributed by atoms with Crippen LogP contribution >= 0.6 is 0 Å². The number of H-pyrrole nitrogens is 1. The molecule has 1 aromatic heterocycles. The largest absolute Gasteiger partial charge is 0.416 e. The Hall–Kier alpha value is -2.56. The first-order chi connectivity index (χ1) is 9.95. The van der Waals surface area contributed by atoms with Crippen molar-refractivity contribution < 1.29 is 13.2 Å². The van der Waals surface area contributed by atoms with E-state index in [-0.39, 0.29) is 5.56 Å². The SMILES string of the molecule is O=c1[nH]c(-c2ccc(C(F)(F)F)cc2)cc2ccccc12. The van der Waals surface area contributed by atoms with Crippen LogP contribution in [0.3, 0.4) is 0 Å². The highest BCUT2D eigenvalue weighted by atomic mass is 19.4. The number of benzene rings is 2. The highest BCUT2D eigenvalue weighted by molar-refractivity contribution is 5.84. The fourth-order valence-corrected chi connectivity index (χ4v) is 2.21. The van der Waals surface area contributed by atoms with Crippen LogP contribution in [-0.4, -0.2) is 4.98 Å². The molecule has 0 radical (unpaired) electrons. The van der Waals surface area contributed by atoms with Gasteiger partial charge in [-0.05, 0) is 35.2 Å². The third-order valence-corrected chi connectivity index (χ3v) is 3.28. The molecule has 3 aromatic rings. The molecule has 0 amide bonds. The Bertz CT molecular complexity index is 848. The molecule has 21 heavy (non-hydrogen) atoms. The number of aromatic nitrogens is 1. The highest BCUT2D eigenvalue weighted by Crippen LogP contribution is 2.30. The molecule has 0 unspecified atom stereocenters. The number of hydrogen-bond acceptors (Lipinski definition) is 1. The number of alkyl halides is 3. The maximum atomic E-state index is 12.5. The zero-order valence-electron chi connectivity index (χ0n) is 10.7. The van der Waals surface area contributed by atoms with Crippen LogP contribution in [0.1, 0.15) is 5.56 Å². The minimum absolute atomic E-state index is 0.261. The number of pyridine rings is 1. The number of nitrogens with one attached hydrogen (secondary N) is 1. The predicted octanol–water partition coefficient (Wildman–Crippen LogP) is 4.21. The van der Waals surface area contributed by atoms with E-state index in [0.717, 1.165) is 17.5 Å². The van der Waals surface area contributed by atoms with Gasteiger partial charge in [0.1, 0.15) is 0 Å². The third kappa shape index (κ3) is 2.54. The molecule has 0 bridgehead atoms. The minimum atomic E-state index is -4.37. The second-order valence-electron chi connectivity index (χ2n) is 4.67. The quantitative estimate of drug-likeness (QED) is 0.715. The fourth-order valence-electron chi connectivity index (χ4n) is 2.21. The molecule has 106 valence electrons. The van der Waals surface area contributed by atoms with E-state index in [4.69, 9.17) is 0 Å². The van der Waals surface area contributed by atoms with Crippen LogP contribution in [0.5, 0.6) is 0 Å². The Kier molecular flexibility index (Phi) is 3.05. The van der Waals surface area contributed by atoms with Gasteiger partial charge in [-0.2, -0.15) is 13.2 Å². The summed E-state index contributed by atoms with van der Waals surface area (Å²) in [5.41, 5.74) is 0.0515. The van der Waals surface area contributed by atoms with Gasteiger partial charge >= 0.3 is 6.18 Å². The zero-order chi connectivity index (χ0) is 15.0. The van der Waals surface area contributed by atoms with Crippen molar-refractivity contribution >= 4 is 10.8 Å². The van der Waals surface area contributed by atoms with E-state index < -0.39 is 11.7 Å². The lowest BCUT2D eigenvalue weighted by Crippen LogP contribution is -2.07. The summed E-state index contributed by atoms with van der Waals surface area (Å²) in [7, 11) is 0. The Balaban J connectivity index is 2.10.